The second-order valence-corrected chi connectivity index (χ2v) is 10.2. The van der Waals surface area contributed by atoms with Crippen LogP contribution in [0, 0.1) is 6.92 Å². The first-order valence-electron chi connectivity index (χ1n) is 13.4. The van der Waals surface area contributed by atoms with Crippen molar-refractivity contribution in [1.29, 1.82) is 0 Å². The highest BCUT2D eigenvalue weighted by atomic mass is 16.2. The Morgan fingerprint density at radius 3 is 2.34 bits per heavy atom. The quantitative estimate of drug-likeness (QED) is 0.275. The van der Waals surface area contributed by atoms with E-state index in [1.54, 1.807) is 0 Å². The lowest BCUT2D eigenvalue weighted by Crippen LogP contribution is -2.32. The summed E-state index contributed by atoms with van der Waals surface area (Å²) >= 11 is 0. The maximum Gasteiger partial charge on any atom is 0.350 e. The van der Waals surface area contributed by atoms with Crippen molar-refractivity contribution < 1.29 is 0 Å². The molecule has 0 aliphatic carbocycles. The molecule has 7 rings (SSSR count). The van der Waals surface area contributed by atoms with Gasteiger partial charge in [-0.25, -0.2) is 4.79 Å². The number of aryl methyl sites for hydroxylation is 1. The molecule has 2 aromatic heterocycles. The molecule has 41 heavy (non-hydrogen) atoms. The zero-order valence-electron chi connectivity index (χ0n) is 22.3. The van der Waals surface area contributed by atoms with E-state index < -0.39 is 11.2 Å². The summed E-state index contributed by atoms with van der Waals surface area (Å²) in [5.74, 6) is 0. The Hall–Kier alpha value is -5.50. The van der Waals surface area contributed by atoms with Crippen LogP contribution in [0.2, 0.25) is 0 Å². The minimum absolute atomic E-state index is 0.0647. The van der Waals surface area contributed by atoms with E-state index in [2.05, 4.69) is 44.3 Å². The van der Waals surface area contributed by atoms with E-state index in [-0.39, 0.29) is 6.04 Å². The number of fused-ring (bicyclic) bond motifs is 3. The molecule has 0 amide bonds. The number of nitrogens with zero attached hydrogens (tertiary/aromatic N) is 4. The zero-order chi connectivity index (χ0) is 27.9. The zero-order valence-corrected chi connectivity index (χ0v) is 22.3. The molecule has 1 aliphatic heterocycles. The van der Waals surface area contributed by atoms with Crippen molar-refractivity contribution in [2.45, 2.75) is 19.4 Å². The van der Waals surface area contributed by atoms with Crippen LogP contribution >= 0.6 is 0 Å². The molecule has 2 N–H and O–H groups in total. The fraction of sp³-hybridized carbons (Fsp3) is 0.0909. The van der Waals surface area contributed by atoms with Gasteiger partial charge >= 0.3 is 11.2 Å². The number of rotatable bonds is 5. The fourth-order valence-corrected chi connectivity index (χ4v) is 5.38. The van der Waals surface area contributed by atoms with Crippen molar-refractivity contribution in [3.63, 3.8) is 0 Å². The molecule has 0 unspecified atom stereocenters. The van der Waals surface area contributed by atoms with E-state index >= 15 is 0 Å². The van der Waals surface area contributed by atoms with E-state index in [1.165, 1.54) is 11.8 Å². The molecule has 8 heteroatoms. The van der Waals surface area contributed by atoms with Crippen LogP contribution in [-0.4, -0.2) is 26.6 Å². The standard InChI is InChI=1S/C33H26N6O2/c1-21-12-17-27-26(18-21)30-31(35-27)32(40)39(33(41)36-30)34-20-22-13-15-25(16-14-22)38-29(24-10-6-3-7-11-24)19-28(37-38)23-8-4-2-5-9-23/h2-18,20,29,35H,19H2,1H3,(H,36,41)/b34-20-/t29-/m0/s1. The average molecular weight is 539 g/mol. The van der Waals surface area contributed by atoms with Gasteiger partial charge in [0.15, 0.2) is 0 Å². The van der Waals surface area contributed by atoms with E-state index in [4.69, 9.17) is 5.10 Å². The van der Waals surface area contributed by atoms with E-state index in [1.807, 2.05) is 85.8 Å². The molecule has 0 bridgehead atoms. The lowest BCUT2D eigenvalue weighted by molar-refractivity contribution is 0.709. The number of nitrogens with one attached hydrogen (secondary N) is 2. The first kappa shape index (κ1) is 24.5. The van der Waals surface area contributed by atoms with Crippen molar-refractivity contribution in [2.24, 2.45) is 10.2 Å². The van der Waals surface area contributed by atoms with Crippen LogP contribution in [0.4, 0.5) is 5.69 Å². The second kappa shape index (κ2) is 9.91. The molecular weight excluding hydrogens is 512 g/mol. The SMILES string of the molecule is Cc1ccc2[nH]c3c(=O)n(/N=C\c4ccc(N5N=C(c6ccccc6)C[C@H]5c5ccccc5)cc4)c(=O)[nH]c3c2c1. The third kappa shape index (κ3) is 4.45. The lowest BCUT2D eigenvalue weighted by Gasteiger charge is -2.24. The third-order valence-electron chi connectivity index (χ3n) is 7.47. The molecule has 3 heterocycles. The number of benzene rings is 4. The molecule has 1 atom stereocenters. The van der Waals surface area contributed by atoms with Crippen molar-refractivity contribution in [3.05, 3.63) is 146 Å². The predicted octanol–water partition coefficient (Wildman–Crippen LogP) is 5.72. The highest BCUT2D eigenvalue weighted by Crippen LogP contribution is 2.36. The van der Waals surface area contributed by atoms with E-state index in [9.17, 15) is 9.59 Å². The minimum atomic E-state index is -0.594. The van der Waals surface area contributed by atoms with Gasteiger partial charge in [-0.2, -0.15) is 10.2 Å². The van der Waals surface area contributed by atoms with Gasteiger partial charge in [0, 0.05) is 17.3 Å². The first-order valence-corrected chi connectivity index (χ1v) is 13.4. The molecule has 1 aliphatic rings. The summed E-state index contributed by atoms with van der Waals surface area (Å²) < 4.78 is 0.848. The molecule has 0 radical (unpaired) electrons. The van der Waals surface area contributed by atoms with E-state index in [0.29, 0.717) is 11.0 Å². The maximum atomic E-state index is 13.1. The first-order chi connectivity index (χ1) is 20.0. The van der Waals surface area contributed by atoms with Gasteiger partial charge in [0.25, 0.3) is 0 Å². The molecular formula is C33H26N6O2. The minimum Gasteiger partial charge on any atom is -0.349 e. The summed E-state index contributed by atoms with van der Waals surface area (Å²) in [4.78, 5) is 31.9. The summed E-state index contributed by atoms with van der Waals surface area (Å²) in [6, 6.07) is 34.2. The van der Waals surface area contributed by atoms with Crippen LogP contribution in [0.3, 0.4) is 0 Å². The summed E-state index contributed by atoms with van der Waals surface area (Å²) in [6.07, 6.45) is 2.30. The normalized spacial score (nSPS) is 15.3. The summed E-state index contributed by atoms with van der Waals surface area (Å²) in [5, 5.41) is 12.1. The highest BCUT2D eigenvalue weighted by Gasteiger charge is 2.29. The molecule has 0 spiro atoms. The molecule has 0 saturated heterocycles. The third-order valence-corrected chi connectivity index (χ3v) is 7.47. The number of anilines is 1. The predicted molar refractivity (Wildman–Crippen MR) is 164 cm³/mol. The van der Waals surface area contributed by atoms with Gasteiger partial charge < -0.3 is 9.97 Å². The van der Waals surface area contributed by atoms with Crippen LogP contribution < -0.4 is 16.3 Å². The van der Waals surface area contributed by atoms with Crippen LogP contribution in [0.5, 0.6) is 0 Å². The topological polar surface area (TPSA) is 98.6 Å². The van der Waals surface area contributed by atoms with Crippen molar-refractivity contribution in [3.8, 4) is 0 Å². The van der Waals surface area contributed by atoms with Crippen molar-refractivity contribution in [2.75, 3.05) is 5.01 Å². The largest absolute Gasteiger partial charge is 0.350 e. The number of hydrazone groups is 1. The highest BCUT2D eigenvalue weighted by molar-refractivity contribution is 6.05. The molecule has 200 valence electrons. The van der Waals surface area contributed by atoms with Crippen LogP contribution in [0.25, 0.3) is 21.9 Å². The number of H-pyrrole nitrogens is 2. The number of aromatic amines is 2. The van der Waals surface area contributed by atoms with Gasteiger partial charge in [0.1, 0.15) is 5.52 Å². The molecule has 0 fully saturated rings. The van der Waals surface area contributed by atoms with Crippen molar-refractivity contribution in [1.82, 2.24) is 14.6 Å². The number of aromatic nitrogens is 3. The van der Waals surface area contributed by atoms with Crippen LogP contribution in [0.15, 0.2) is 123 Å². The Morgan fingerprint density at radius 2 is 1.59 bits per heavy atom. The van der Waals surface area contributed by atoms with Gasteiger partial charge in [-0.15, -0.1) is 4.68 Å². The number of hydrogen-bond donors (Lipinski definition) is 2. The Morgan fingerprint density at radius 1 is 0.854 bits per heavy atom. The Balaban J connectivity index is 1.20. The van der Waals surface area contributed by atoms with Gasteiger partial charge in [0.2, 0.25) is 0 Å². The second-order valence-electron chi connectivity index (χ2n) is 10.2. The maximum absolute atomic E-state index is 13.1. The Bertz CT molecular complexity index is 2070. The monoisotopic (exact) mass is 538 g/mol. The van der Waals surface area contributed by atoms with Gasteiger partial charge in [-0.05, 0) is 47.9 Å². The Kier molecular flexibility index (Phi) is 5.93. The molecule has 0 saturated carbocycles. The van der Waals surface area contributed by atoms with Crippen LogP contribution in [-0.2, 0) is 0 Å². The molecule has 8 nitrogen and oxygen atoms in total. The average Bonchev–Trinajstić information content (AvgIpc) is 3.61. The lowest BCUT2D eigenvalue weighted by atomic mass is 9.98. The van der Waals surface area contributed by atoms with Crippen molar-refractivity contribution >= 4 is 39.5 Å². The van der Waals surface area contributed by atoms with Gasteiger partial charge in [0.05, 0.1) is 29.2 Å². The fourth-order valence-electron chi connectivity index (χ4n) is 5.38. The van der Waals surface area contributed by atoms with Gasteiger partial charge in [-0.3, -0.25) is 9.80 Å². The molecule has 6 aromatic rings. The van der Waals surface area contributed by atoms with Crippen LogP contribution in [0.1, 0.15) is 34.7 Å². The molecule has 4 aromatic carbocycles. The Labute approximate surface area is 234 Å². The summed E-state index contributed by atoms with van der Waals surface area (Å²) in [5.41, 5.74) is 6.54. The van der Waals surface area contributed by atoms with Gasteiger partial charge in [-0.1, -0.05) is 84.4 Å². The summed E-state index contributed by atoms with van der Waals surface area (Å²) in [6.45, 7) is 1.97. The number of hydrogen-bond acceptors (Lipinski definition) is 5. The smallest absolute Gasteiger partial charge is 0.349 e. The summed E-state index contributed by atoms with van der Waals surface area (Å²) in [7, 11) is 0. The van der Waals surface area contributed by atoms with E-state index in [0.717, 1.165) is 50.1 Å².